The molecular formula is C21H37NO6. The van der Waals surface area contributed by atoms with E-state index in [4.69, 9.17) is 19.6 Å². The van der Waals surface area contributed by atoms with E-state index in [2.05, 4.69) is 13.8 Å². The Labute approximate surface area is 169 Å². The molecule has 0 aliphatic carbocycles. The quantitative estimate of drug-likeness (QED) is 0.186. The lowest BCUT2D eigenvalue weighted by Crippen LogP contribution is -2.41. The van der Waals surface area contributed by atoms with Crippen molar-refractivity contribution in [1.29, 1.82) is 0 Å². The van der Waals surface area contributed by atoms with Crippen LogP contribution in [0.2, 0.25) is 0 Å². The van der Waals surface area contributed by atoms with E-state index in [0.29, 0.717) is 12.8 Å². The average Bonchev–Trinajstić information content (AvgIpc) is 2.91. The van der Waals surface area contributed by atoms with Crippen LogP contribution in [0.25, 0.3) is 0 Å². The van der Waals surface area contributed by atoms with Crippen LogP contribution in [0, 0.1) is 0 Å². The first-order chi connectivity index (χ1) is 12.9. The number of carbonyl (C=O) groups is 2. The molecule has 7 nitrogen and oxygen atoms in total. The van der Waals surface area contributed by atoms with Gasteiger partial charge < -0.3 is 0 Å². The molecule has 0 atom stereocenters. The van der Waals surface area contributed by atoms with Gasteiger partial charge in [0.1, 0.15) is 0 Å². The highest BCUT2D eigenvalue weighted by atomic mass is 17.3. The molecule has 162 valence electrons. The molecule has 7 heteroatoms. The molecule has 1 aliphatic heterocycles. The molecule has 0 aromatic heterocycles. The fraction of sp³-hybridized carbons (Fsp3) is 0.810. The first-order valence-electron chi connectivity index (χ1n) is 10.2. The highest BCUT2D eigenvalue weighted by Gasteiger charge is 2.35. The molecule has 0 aromatic rings. The number of rotatable bonds is 14. The van der Waals surface area contributed by atoms with E-state index in [0.717, 1.165) is 25.7 Å². The standard InChI is InChI=1S/C21H37NO6/c1-8-13-19(3,4)25-27-21(7,28-26-20(5,6)14-9-2)15-10-16-22-17(23)11-12-18(22)24/h11-12H,8-10,13-16H2,1-7H3. The van der Waals surface area contributed by atoms with E-state index < -0.39 is 17.0 Å². The van der Waals surface area contributed by atoms with Gasteiger partial charge in [0.05, 0.1) is 11.2 Å². The number of hydrogen-bond acceptors (Lipinski definition) is 6. The topological polar surface area (TPSA) is 74.3 Å². The minimum absolute atomic E-state index is 0.281. The molecule has 1 heterocycles. The van der Waals surface area contributed by atoms with Gasteiger partial charge in [0.25, 0.3) is 11.8 Å². The predicted octanol–water partition coefficient (Wildman–Crippen LogP) is 4.46. The summed E-state index contributed by atoms with van der Waals surface area (Å²) in [5.74, 6) is -1.77. The molecule has 0 fully saturated rings. The van der Waals surface area contributed by atoms with E-state index >= 15 is 0 Å². The average molecular weight is 400 g/mol. The second-order valence-electron chi connectivity index (χ2n) is 8.75. The third-order valence-corrected chi connectivity index (χ3v) is 4.50. The molecule has 0 N–H and O–H groups in total. The highest BCUT2D eigenvalue weighted by molar-refractivity contribution is 6.12. The maximum absolute atomic E-state index is 11.7. The summed E-state index contributed by atoms with van der Waals surface area (Å²) < 4.78 is 0. The first-order valence-corrected chi connectivity index (χ1v) is 10.2. The van der Waals surface area contributed by atoms with E-state index in [1.54, 1.807) is 6.92 Å². The summed E-state index contributed by atoms with van der Waals surface area (Å²) in [6, 6.07) is 0. The Morgan fingerprint density at radius 1 is 0.750 bits per heavy atom. The Bertz CT molecular complexity index is 515. The fourth-order valence-corrected chi connectivity index (χ4v) is 3.00. The molecule has 0 spiro atoms. The summed E-state index contributed by atoms with van der Waals surface area (Å²) in [4.78, 5) is 47.3. The molecule has 0 aromatic carbocycles. The van der Waals surface area contributed by atoms with Crippen LogP contribution in [0.15, 0.2) is 12.2 Å². The maximum Gasteiger partial charge on any atom is 0.253 e. The summed E-state index contributed by atoms with van der Waals surface area (Å²) in [5, 5.41) is 0. The van der Waals surface area contributed by atoms with Gasteiger partial charge in [0.2, 0.25) is 5.79 Å². The van der Waals surface area contributed by atoms with Gasteiger partial charge in [-0.2, -0.15) is 9.78 Å². The van der Waals surface area contributed by atoms with E-state index in [1.807, 2.05) is 27.7 Å². The lowest BCUT2D eigenvalue weighted by molar-refractivity contribution is -0.540. The van der Waals surface area contributed by atoms with Gasteiger partial charge in [0, 0.05) is 25.1 Å². The van der Waals surface area contributed by atoms with Crippen LogP contribution in [0.1, 0.15) is 87.0 Å². The van der Waals surface area contributed by atoms with Crippen LogP contribution >= 0.6 is 0 Å². The Morgan fingerprint density at radius 3 is 1.57 bits per heavy atom. The second kappa shape index (κ2) is 10.5. The minimum atomic E-state index is -1.17. The van der Waals surface area contributed by atoms with E-state index in [-0.39, 0.29) is 18.4 Å². The lowest BCUT2D eigenvalue weighted by atomic mass is 10.0. The third-order valence-electron chi connectivity index (χ3n) is 4.50. The Kier molecular flexibility index (Phi) is 9.27. The van der Waals surface area contributed by atoms with Gasteiger partial charge in [-0.05, 0) is 53.9 Å². The summed E-state index contributed by atoms with van der Waals surface area (Å²) in [7, 11) is 0. The molecule has 0 saturated carbocycles. The number of imide groups is 1. The van der Waals surface area contributed by atoms with Crippen molar-refractivity contribution in [3.8, 4) is 0 Å². The number of amides is 2. The van der Waals surface area contributed by atoms with Gasteiger partial charge in [-0.3, -0.25) is 14.5 Å². The second-order valence-corrected chi connectivity index (χ2v) is 8.75. The molecule has 1 aliphatic rings. The Morgan fingerprint density at radius 2 is 1.18 bits per heavy atom. The summed E-state index contributed by atoms with van der Waals surface area (Å²) >= 11 is 0. The van der Waals surface area contributed by atoms with Crippen LogP contribution < -0.4 is 0 Å². The van der Waals surface area contributed by atoms with Gasteiger partial charge in [-0.15, -0.1) is 0 Å². The van der Waals surface area contributed by atoms with Gasteiger partial charge in [-0.25, -0.2) is 9.78 Å². The van der Waals surface area contributed by atoms with Crippen LogP contribution in [-0.2, 0) is 29.1 Å². The maximum atomic E-state index is 11.7. The summed E-state index contributed by atoms with van der Waals surface area (Å²) in [6.45, 7) is 14.0. The predicted molar refractivity (Wildman–Crippen MR) is 106 cm³/mol. The van der Waals surface area contributed by atoms with Crippen molar-refractivity contribution < 1.29 is 29.1 Å². The van der Waals surface area contributed by atoms with Crippen LogP contribution in [0.3, 0.4) is 0 Å². The molecule has 0 unspecified atom stereocenters. The molecule has 1 rings (SSSR count). The summed E-state index contributed by atoms with van der Waals surface area (Å²) in [6.07, 6.45) is 7.00. The van der Waals surface area contributed by atoms with Crippen molar-refractivity contribution in [3.05, 3.63) is 12.2 Å². The Hall–Kier alpha value is -1.28. The molecule has 2 amide bonds. The van der Waals surface area contributed by atoms with Crippen LogP contribution in [-0.4, -0.2) is 40.2 Å². The van der Waals surface area contributed by atoms with Crippen molar-refractivity contribution in [1.82, 2.24) is 4.90 Å². The number of carbonyl (C=O) groups excluding carboxylic acids is 2. The van der Waals surface area contributed by atoms with Crippen molar-refractivity contribution in [2.45, 2.75) is 104 Å². The smallest absolute Gasteiger partial charge is 0.253 e. The Balaban J connectivity index is 2.70. The zero-order chi connectivity index (χ0) is 21.4. The third kappa shape index (κ3) is 8.39. The zero-order valence-corrected chi connectivity index (χ0v) is 18.5. The first kappa shape index (κ1) is 24.8. The molecular weight excluding hydrogens is 362 g/mol. The summed E-state index contributed by atoms with van der Waals surface area (Å²) in [5.41, 5.74) is -0.938. The van der Waals surface area contributed by atoms with Crippen LogP contribution in [0.5, 0.6) is 0 Å². The van der Waals surface area contributed by atoms with Crippen molar-refractivity contribution in [3.63, 3.8) is 0 Å². The minimum Gasteiger partial charge on any atom is -0.275 e. The molecule has 28 heavy (non-hydrogen) atoms. The monoisotopic (exact) mass is 399 g/mol. The zero-order valence-electron chi connectivity index (χ0n) is 18.5. The van der Waals surface area contributed by atoms with Crippen molar-refractivity contribution in [2.24, 2.45) is 0 Å². The van der Waals surface area contributed by atoms with Gasteiger partial charge in [0.15, 0.2) is 0 Å². The van der Waals surface area contributed by atoms with Crippen molar-refractivity contribution in [2.75, 3.05) is 6.54 Å². The number of nitrogens with zero attached hydrogens (tertiary/aromatic N) is 1. The largest absolute Gasteiger partial charge is 0.275 e. The number of hydrogen-bond donors (Lipinski definition) is 0. The van der Waals surface area contributed by atoms with E-state index in [9.17, 15) is 9.59 Å². The normalized spacial score (nSPS) is 15.8. The van der Waals surface area contributed by atoms with Crippen LogP contribution in [0.4, 0.5) is 0 Å². The van der Waals surface area contributed by atoms with Gasteiger partial charge in [-0.1, -0.05) is 26.7 Å². The van der Waals surface area contributed by atoms with Crippen molar-refractivity contribution >= 4 is 11.8 Å². The van der Waals surface area contributed by atoms with Gasteiger partial charge >= 0.3 is 0 Å². The molecule has 0 bridgehead atoms. The molecule has 0 radical (unpaired) electrons. The van der Waals surface area contributed by atoms with E-state index in [1.165, 1.54) is 17.1 Å². The fourth-order valence-electron chi connectivity index (χ4n) is 3.00. The highest BCUT2D eigenvalue weighted by Crippen LogP contribution is 2.29. The lowest BCUT2D eigenvalue weighted by Gasteiger charge is -2.34. The molecule has 0 saturated heterocycles. The SMILES string of the molecule is CCCC(C)(C)OOC(C)(CCCN1C(=O)C=CC1=O)OOC(C)(C)CCC.